The molecule has 0 aromatic carbocycles. The zero-order valence-corrected chi connectivity index (χ0v) is 9.95. The molecule has 0 spiro atoms. The van der Waals surface area contributed by atoms with E-state index in [-0.39, 0.29) is 0 Å². The van der Waals surface area contributed by atoms with E-state index in [4.69, 9.17) is 0 Å². The van der Waals surface area contributed by atoms with Gasteiger partial charge < -0.3 is 5.32 Å². The van der Waals surface area contributed by atoms with Gasteiger partial charge >= 0.3 is 0 Å². The van der Waals surface area contributed by atoms with Gasteiger partial charge in [-0.2, -0.15) is 0 Å². The SMILES string of the molecule is CCNC(C)c1cnc(C2(C)CC2)s1. The summed E-state index contributed by atoms with van der Waals surface area (Å²) in [5.74, 6) is 0. The average Bonchev–Trinajstić information content (AvgIpc) is 2.72. The van der Waals surface area contributed by atoms with Crippen molar-refractivity contribution in [1.29, 1.82) is 0 Å². The molecule has 2 rings (SSSR count). The minimum absolute atomic E-state index is 0.425. The highest BCUT2D eigenvalue weighted by atomic mass is 32.1. The van der Waals surface area contributed by atoms with E-state index in [1.807, 2.05) is 17.5 Å². The van der Waals surface area contributed by atoms with E-state index >= 15 is 0 Å². The molecule has 78 valence electrons. The van der Waals surface area contributed by atoms with E-state index in [1.54, 1.807) is 0 Å². The van der Waals surface area contributed by atoms with Gasteiger partial charge in [-0.05, 0) is 26.3 Å². The summed E-state index contributed by atoms with van der Waals surface area (Å²) in [5, 5.41) is 4.75. The molecule has 1 aliphatic rings. The van der Waals surface area contributed by atoms with Gasteiger partial charge in [-0.1, -0.05) is 13.8 Å². The van der Waals surface area contributed by atoms with Crippen LogP contribution in [0.25, 0.3) is 0 Å². The molecule has 1 unspecified atom stereocenters. The summed E-state index contributed by atoms with van der Waals surface area (Å²) in [5.41, 5.74) is 0.425. The Bertz CT molecular complexity index is 315. The first-order valence-electron chi connectivity index (χ1n) is 5.35. The second-order valence-corrected chi connectivity index (χ2v) is 5.47. The van der Waals surface area contributed by atoms with Crippen LogP contribution >= 0.6 is 11.3 Å². The van der Waals surface area contributed by atoms with Crippen LogP contribution in [0, 0.1) is 0 Å². The lowest BCUT2D eigenvalue weighted by Gasteiger charge is -2.08. The van der Waals surface area contributed by atoms with Crippen LogP contribution in [0.4, 0.5) is 0 Å². The van der Waals surface area contributed by atoms with Crippen LogP contribution in [0.2, 0.25) is 0 Å². The molecule has 0 aliphatic heterocycles. The predicted octanol–water partition coefficient (Wildman–Crippen LogP) is 2.87. The van der Waals surface area contributed by atoms with Crippen LogP contribution < -0.4 is 5.32 Å². The number of thiazole rings is 1. The van der Waals surface area contributed by atoms with Crippen molar-refractivity contribution >= 4 is 11.3 Å². The summed E-state index contributed by atoms with van der Waals surface area (Å²) >= 11 is 1.88. The second-order valence-electron chi connectivity index (χ2n) is 4.41. The third-order valence-electron chi connectivity index (χ3n) is 2.98. The third kappa shape index (κ3) is 1.84. The Morgan fingerprint density at radius 2 is 2.36 bits per heavy atom. The molecule has 0 radical (unpaired) electrons. The smallest absolute Gasteiger partial charge is 0.0987 e. The molecular weight excluding hydrogens is 192 g/mol. The molecule has 1 aromatic rings. The van der Waals surface area contributed by atoms with Crippen molar-refractivity contribution in [3.63, 3.8) is 0 Å². The van der Waals surface area contributed by atoms with E-state index in [0.29, 0.717) is 11.5 Å². The molecule has 1 aromatic heterocycles. The minimum atomic E-state index is 0.425. The van der Waals surface area contributed by atoms with Gasteiger partial charge in [-0.15, -0.1) is 11.3 Å². The molecule has 1 heterocycles. The van der Waals surface area contributed by atoms with Crippen LogP contribution in [0.3, 0.4) is 0 Å². The van der Waals surface area contributed by atoms with Crippen molar-refractivity contribution in [3.8, 4) is 0 Å². The maximum Gasteiger partial charge on any atom is 0.0987 e. The van der Waals surface area contributed by atoms with Crippen molar-refractivity contribution in [1.82, 2.24) is 10.3 Å². The molecule has 1 aliphatic carbocycles. The van der Waals surface area contributed by atoms with Crippen LogP contribution in [0.5, 0.6) is 0 Å². The first kappa shape index (κ1) is 10.1. The molecule has 1 fully saturated rings. The van der Waals surface area contributed by atoms with E-state index < -0.39 is 0 Å². The van der Waals surface area contributed by atoms with Gasteiger partial charge in [0.05, 0.1) is 5.01 Å². The van der Waals surface area contributed by atoms with Crippen LogP contribution in [0.1, 0.15) is 49.5 Å². The fourth-order valence-corrected chi connectivity index (χ4v) is 2.72. The molecule has 1 atom stereocenters. The Kier molecular flexibility index (Phi) is 2.62. The van der Waals surface area contributed by atoms with Gasteiger partial charge in [-0.3, -0.25) is 0 Å². The van der Waals surface area contributed by atoms with Crippen LogP contribution in [-0.4, -0.2) is 11.5 Å². The molecule has 3 heteroatoms. The zero-order valence-electron chi connectivity index (χ0n) is 9.13. The lowest BCUT2D eigenvalue weighted by molar-refractivity contribution is 0.606. The minimum Gasteiger partial charge on any atom is -0.310 e. The molecule has 1 saturated carbocycles. The first-order chi connectivity index (χ1) is 6.65. The average molecular weight is 210 g/mol. The maximum atomic E-state index is 4.53. The van der Waals surface area contributed by atoms with Crippen molar-refractivity contribution in [2.45, 2.75) is 45.1 Å². The molecule has 0 bridgehead atoms. The lowest BCUT2D eigenvalue weighted by atomic mass is 10.2. The zero-order chi connectivity index (χ0) is 10.2. The quantitative estimate of drug-likeness (QED) is 0.826. The van der Waals surface area contributed by atoms with E-state index in [1.165, 1.54) is 22.7 Å². The van der Waals surface area contributed by atoms with Crippen molar-refractivity contribution < 1.29 is 0 Å². The van der Waals surface area contributed by atoms with Gasteiger partial charge in [0.2, 0.25) is 0 Å². The van der Waals surface area contributed by atoms with Gasteiger partial charge in [0.1, 0.15) is 0 Å². The Morgan fingerprint density at radius 3 is 2.93 bits per heavy atom. The monoisotopic (exact) mass is 210 g/mol. The Morgan fingerprint density at radius 1 is 1.64 bits per heavy atom. The Balaban J connectivity index is 2.09. The molecule has 2 nitrogen and oxygen atoms in total. The number of rotatable bonds is 4. The Hall–Kier alpha value is -0.410. The molecule has 1 N–H and O–H groups in total. The number of nitrogens with zero attached hydrogens (tertiary/aromatic N) is 1. The fourth-order valence-electron chi connectivity index (χ4n) is 1.57. The summed E-state index contributed by atoms with van der Waals surface area (Å²) in [7, 11) is 0. The van der Waals surface area contributed by atoms with Crippen molar-refractivity contribution in [2.24, 2.45) is 0 Å². The number of hydrogen-bond acceptors (Lipinski definition) is 3. The number of hydrogen-bond donors (Lipinski definition) is 1. The normalized spacial score (nSPS) is 20.8. The third-order valence-corrected chi connectivity index (χ3v) is 4.46. The predicted molar refractivity (Wildman–Crippen MR) is 60.8 cm³/mol. The molecule has 0 amide bonds. The lowest BCUT2D eigenvalue weighted by Crippen LogP contribution is -2.16. The highest BCUT2D eigenvalue weighted by Crippen LogP contribution is 2.49. The van der Waals surface area contributed by atoms with Crippen LogP contribution in [0.15, 0.2) is 6.20 Å². The van der Waals surface area contributed by atoms with E-state index in [2.05, 4.69) is 31.1 Å². The molecule has 14 heavy (non-hydrogen) atoms. The summed E-state index contributed by atoms with van der Waals surface area (Å²) in [6.45, 7) is 7.68. The fraction of sp³-hybridized carbons (Fsp3) is 0.727. The standard InChI is InChI=1S/C11H18N2S/c1-4-12-8(2)9-7-13-10(14-9)11(3)5-6-11/h7-8,12H,4-6H2,1-3H3. The maximum absolute atomic E-state index is 4.53. The van der Waals surface area contributed by atoms with Crippen LogP contribution in [-0.2, 0) is 5.41 Å². The summed E-state index contributed by atoms with van der Waals surface area (Å²) in [4.78, 5) is 5.90. The summed E-state index contributed by atoms with van der Waals surface area (Å²) in [6, 6.07) is 0.452. The number of nitrogens with one attached hydrogen (secondary N) is 1. The molecule has 0 saturated heterocycles. The van der Waals surface area contributed by atoms with Gasteiger partial charge in [-0.25, -0.2) is 4.98 Å². The van der Waals surface area contributed by atoms with Gasteiger partial charge in [0.25, 0.3) is 0 Å². The summed E-state index contributed by atoms with van der Waals surface area (Å²) in [6.07, 6.45) is 4.67. The first-order valence-corrected chi connectivity index (χ1v) is 6.17. The van der Waals surface area contributed by atoms with E-state index in [9.17, 15) is 0 Å². The number of aromatic nitrogens is 1. The largest absolute Gasteiger partial charge is 0.310 e. The van der Waals surface area contributed by atoms with E-state index in [0.717, 1.165) is 6.54 Å². The van der Waals surface area contributed by atoms with Gasteiger partial charge in [0.15, 0.2) is 0 Å². The topological polar surface area (TPSA) is 24.9 Å². The van der Waals surface area contributed by atoms with Gasteiger partial charge in [0, 0.05) is 22.5 Å². The molecular formula is C11H18N2S. The second kappa shape index (κ2) is 3.63. The summed E-state index contributed by atoms with van der Waals surface area (Å²) < 4.78 is 0. The highest BCUT2D eigenvalue weighted by molar-refractivity contribution is 7.11. The Labute approximate surface area is 89.8 Å². The van der Waals surface area contributed by atoms with Crippen molar-refractivity contribution in [2.75, 3.05) is 6.54 Å². The van der Waals surface area contributed by atoms with Crippen molar-refractivity contribution in [3.05, 3.63) is 16.1 Å². The highest BCUT2D eigenvalue weighted by Gasteiger charge is 2.41.